The lowest BCUT2D eigenvalue weighted by Crippen LogP contribution is -2.46. The summed E-state index contributed by atoms with van der Waals surface area (Å²) in [6.45, 7) is 2.36. The van der Waals surface area contributed by atoms with Crippen LogP contribution in [0.4, 0.5) is 15.9 Å². The summed E-state index contributed by atoms with van der Waals surface area (Å²) in [6, 6.07) is 16.1. The van der Waals surface area contributed by atoms with E-state index in [1.807, 2.05) is 0 Å². The number of aromatic nitrogens is 2. The Labute approximate surface area is 202 Å². The second-order valence-corrected chi connectivity index (χ2v) is 8.80. The molecule has 0 radical (unpaired) electrons. The summed E-state index contributed by atoms with van der Waals surface area (Å²) < 4.78 is 20.0. The lowest BCUT2D eigenvalue weighted by atomic mass is 9.91. The van der Waals surface area contributed by atoms with Crippen LogP contribution < -0.4 is 20.3 Å². The van der Waals surface area contributed by atoms with Crippen molar-refractivity contribution in [1.82, 2.24) is 20.8 Å². The molecule has 2 atom stereocenters. The standard InChI is InChI=1S/C26H26FN5O3/c27-20-4-1-3-18(15-20)24(33)26(11-14-29-17-26)35-22-8-6-21(7-9-22)32(23-5-2-12-30-31-23)25(34)19-10-13-28-16-19/h1-9,12,15,19,28-29H,10-11,13-14,16-17H2/t19-,26+/m0/s1. The molecular weight excluding hydrogens is 449 g/mol. The number of ether oxygens (including phenoxy) is 1. The molecule has 0 spiro atoms. The van der Waals surface area contributed by atoms with Gasteiger partial charge in [0.2, 0.25) is 11.7 Å². The zero-order valence-corrected chi connectivity index (χ0v) is 19.1. The number of anilines is 2. The number of Topliss-reactive ketones (excluding diaryl/α,β-unsaturated/α-hetero) is 1. The van der Waals surface area contributed by atoms with Gasteiger partial charge in [0.15, 0.2) is 11.4 Å². The number of nitrogens with zero attached hydrogens (tertiary/aromatic N) is 3. The number of hydrogen-bond donors (Lipinski definition) is 2. The fraction of sp³-hybridized carbons (Fsp3) is 0.308. The number of rotatable bonds is 7. The largest absolute Gasteiger partial charge is 0.478 e. The van der Waals surface area contributed by atoms with Crippen molar-refractivity contribution in [2.24, 2.45) is 5.92 Å². The Morgan fingerprint density at radius 3 is 2.57 bits per heavy atom. The molecular formula is C26H26FN5O3. The van der Waals surface area contributed by atoms with Crippen LogP contribution in [0.2, 0.25) is 0 Å². The Morgan fingerprint density at radius 2 is 1.91 bits per heavy atom. The van der Waals surface area contributed by atoms with E-state index in [4.69, 9.17) is 4.74 Å². The number of nitrogens with one attached hydrogen (secondary N) is 2. The Morgan fingerprint density at radius 1 is 1.06 bits per heavy atom. The summed E-state index contributed by atoms with van der Waals surface area (Å²) >= 11 is 0. The Hall–Kier alpha value is -3.69. The summed E-state index contributed by atoms with van der Waals surface area (Å²) in [4.78, 5) is 28.2. The third kappa shape index (κ3) is 4.78. The van der Waals surface area contributed by atoms with Crippen molar-refractivity contribution < 1.29 is 18.7 Å². The van der Waals surface area contributed by atoms with E-state index in [0.29, 0.717) is 43.3 Å². The lowest BCUT2D eigenvalue weighted by molar-refractivity contribution is -0.121. The van der Waals surface area contributed by atoms with Crippen LogP contribution in [-0.2, 0) is 4.79 Å². The van der Waals surface area contributed by atoms with Crippen molar-refractivity contribution in [2.75, 3.05) is 31.1 Å². The summed E-state index contributed by atoms with van der Waals surface area (Å²) in [5, 5.41) is 14.5. The lowest BCUT2D eigenvalue weighted by Gasteiger charge is -2.29. The molecule has 2 aliphatic heterocycles. The molecule has 3 aromatic rings. The van der Waals surface area contributed by atoms with Crippen LogP contribution in [0.1, 0.15) is 23.2 Å². The predicted octanol–water partition coefficient (Wildman–Crippen LogP) is 2.88. The third-order valence-electron chi connectivity index (χ3n) is 6.44. The molecule has 35 heavy (non-hydrogen) atoms. The summed E-state index contributed by atoms with van der Waals surface area (Å²) in [5.41, 5.74) is -0.231. The van der Waals surface area contributed by atoms with Gasteiger partial charge in [0.25, 0.3) is 0 Å². The number of halogens is 1. The second-order valence-electron chi connectivity index (χ2n) is 8.80. The average molecular weight is 476 g/mol. The Kier molecular flexibility index (Phi) is 6.52. The summed E-state index contributed by atoms with van der Waals surface area (Å²) in [6.07, 6.45) is 2.78. The van der Waals surface area contributed by atoms with Gasteiger partial charge in [0, 0.05) is 31.3 Å². The molecule has 0 saturated carbocycles. The van der Waals surface area contributed by atoms with Gasteiger partial charge in [0.05, 0.1) is 11.6 Å². The normalized spacial score (nSPS) is 21.6. The number of carbonyl (C=O) groups excluding carboxylic acids is 2. The zero-order chi connectivity index (χ0) is 24.3. The van der Waals surface area contributed by atoms with E-state index in [9.17, 15) is 14.0 Å². The molecule has 1 aromatic heterocycles. The van der Waals surface area contributed by atoms with E-state index in [1.165, 1.54) is 18.2 Å². The molecule has 180 valence electrons. The van der Waals surface area contributed by atoms with Gasteiger partial charge in [-0.05, 0) is 68.0 Å². The molecule has 9 heteroatoms. The van der Waals surface area contributed by atoms with Gasteiger partial charge in [-0.25, -0.2) is 4.39 Å². The quantitative estimate of drug-likeness (QED) is 0.507. The minimum atomic E-state index is -1.13. The van der Waals surface area contributed by atoms with Crippen LogP contribution in [0.5, 0.6) is 5.75 Å². The molecule has 2 aromatic carbocycles. The second kappa shape index (κ2) is 9.89. The van der Waals surface area contributed by atoms with Crippen molar-refractivity contribution >= 4 is 23.2 Å². The summed E-state index contributed by atoms with van der Waals surface area (Å²) in [7, 11) is 0. The van der Waals surface area contributed by atoms with Crippen molar-refractivity contribution in [3.63, 3.8) is 0 Å². The highest BCUT2D eigenvalue weighted by Crippen LogP contribution is 2.32. The van der Waals surface area contributed by atoms with E-state index >= 15 is 0 Å². The van der Waals surface area contributed by atoms with E-state index in [2.05, 4.69) is 20.8 Å². The number of carbonyl (C=O) groups is 2. The smallest absolute Gasteiger partial charge is 0.237 e. The van der Waals surface area contributed by atoms with E-state index in [-0.39, 0.29) is 23.2 Å². The molecule has 2 fully saturated rings. The van der Waals surface area contributed by atoms with E-state index < -0.39 is 11.4 Å². The van der Waals surface area contributed by atoms with Gasteiger partial charge in [-0.3, -0.25) is 14.5 Å². The van der Waals surface area contributed by atoms with Crippen LogP contribution in [0.25, 0.3) is 0 Å². The highest BCUT2D eigenvalue weighted by atomic mass is 19.1. The molecule has 2 N–H and O–H groups in total. The number of amides is 1. The fourth-order valence-electron chi connectivity index (χ4n) is 4.61. The molecule has 3 heterocycles. The maximum atomic E-state index is 13.7. The first-order valence-electron chi connectivity index (χ1n) is 11.7. The van der Waals surface area contributed by atoms with Crippen LogP contribution in [0.15, 0.2) is 66.9 Å². The molecule has 5 rings (SSSR count). The van der Waals surface area contributed by atoms with Crippen molar-refractivity contribution in [2.45, 2.75) is 18.4 Å². The molecule has 2 aliphatic rings. The van der Waals surface area contributed by atoms with Gasteiger partial charge < -0.3 is 15.4 Å². The minimum absolute atomic E-state index is 0.0538. The van der Waals surface area contributed by atoms with Gasteiger partial charge in [-0.1, -0.05) is 12.1 Å². The van der Waals surface area contributed by atoms with E-state index in [0.717, 1.165) is 13.0 Å². The third-order valence-corrected chi connectivity index (χ3v) is 6.44. The molecule has 0 unspecified atom stereocenters. The first-order chi connectivity index (χ1) is 17.1. The van der Waals surface area contributed by atoms with Gasteiger partial charge in [-0.2, -0.15) is 5.10 Å². The molecule has 1 amide bonds. The van der Waals surface area contributed by atoms with Gasteiger partial charge >= 0.3 is 0 Å². The molecule has 8 nitrogen and oxygen atoms in total. The maximum absolute atomic E-state index is 13.7. The van der Waals surface area contributed by atoms with Crippen LogP contribution in [0.3, 0.4) is 0 Å². The average Bonchev–Trinajstić information content (AvgIpc) is 3.59. The number of hydrogen-bond acceptors (Lipinski definition) is 7. The van der Waals surface area contributed by atoms with E-state index in [1.54, 1.807) is 53.6 Å². The van der Waals surface area contributed by atoms with Crippen molar-refractivity contribution in [1.29, 1.82) is 0 Å². The number of ketones is 1. The monoisotopic (exact) mass is 475 g/mol. The van der Waals surface area contributed by atoms with Crippen molar-refractivity contribution in [3.05, 3.63) is 78.2 Å². The SMILES string of the molecule is O=C([C@H]1CCNC1)N(c1ccc(O[C@]2(C(=O)c3cccc(F)c3)CCNC2)cc1)c1cccnn1. The van der Waals surface area contributed by atoms with Crippen molar-refractivity contribution in [3.8, 4) is 5.75 Å². The molecule has 0 bridgehead atoms. The highest BCUT2D eigenvalue weighted by Gasteiger charge is 2.44. The first-order valence-corrected chi connectivity index (χ1v) is 11.7. The highest BCUT2D eigenvalue weighted by molar-refractivity contribution is 6.03. The van der Waals surface area contributed by atoms with Crippen LogP contribution >= 0.6 is 0 Å². The Bertz CT molecular complexity index is 1190. The van der Waals surface area contributed by atoms with Gasteiger partial charge in [-0.15, -0.1) is 5.10 Å². The van der Waals surface area contributed by atoms with Crippen LogP contribution in [-0.4, -0.2) is 53.7 Å². The minimum Gasteiger partial charge on any atom is -0.478 e. The summed E-state index contributed by atoms with van der Waals surface area (Å²) in [5.74, 6) is -0.0117. The van der Waals surface area contributed by atoms with Gasteiger partial charge in [0.1, 0.15) is 11.6 Å². The maximum Gasteiger partial charge on any atom is 0.237 e. The topological polar surface area (TPSA) is 96.5 Å². The predicted molar refractivity (Wildman–Crippen MR) is 128 cm³/mol. The zero-order valence-electron chi connectivity index (χ0n) is 19.1. The first kappa shape index (κ1) is 23.1. The molecule has 0 aliphatic carbocycles. The van der Waals surface area contributed by atoms with Crippen LogP contribution in [0, 0.1) is 11.7 Å². The Balaban J connectivity index is 1.41. The molecule has 2 saturated heterocycles. The fourth-order valence-corrected chi connectivity index (χ4v) is 4.61. The number of benzene rings is 2.